The summed E-state index contributed by atoms with van der Waals surface area (Å²) in [5.74, 6) is -3.98. The highest BCUT2D eigenvalue weighted by atomic mass is 16.4. The minimum Gasteiger partial charge on any atom is -0.507 e. The van der Waals surface area contributed by atoms with E-state index in [0.717, 1.165) is 16.3 Å². The van der Waals surface area contributed by atoms with Crippen LogP contribution in [0.2, 0.25) is 0 Å². The lowest BCUT2D eigenvalue weighted by molar-refractivity contribution is -0.146. The Hall–Kier alpha value is -4.20. The first-order valence-corrected chi connectivity index (χ1v) is 8.97. The van der Waals surface area contributed by atoms with Gasteiger partial charge in [-0.25, -0.2) is 9.59 Å². The molecule has 0 unspecified atom stereocenters. The first-order chi connectivity index (χ1) is 14.4. The minimum atomic E-state index is -1.77. The Kier molecular flexibility index (Phi) is 6.07. The number of hydrogen-bond donors (Lipinski definition) is 2. The van der Waals surface area contributed by atoms with Gasteiger partial charge >= 0.3 is 11.7 Å². The molecule has 0 aliphatic rings. The maximum atomic E-state index is 13.0. The van der Waals surface area contributed by atoms with Crippen molar-refractivity contribution in [2.24, 2.45) is 0 Å². The van der Waals surface area contributed by atoms with Gasteiger partial charge in [0.15, 0.2) is 0 Å². The fraction of sp³-hybridized carbons (Fsp3) is 0.0909. The van der Waals surface area contributed by atoms with Crippen LogP contribution in [0.1, 0.15) is 16.7 Å². The quantitative estimate of drug-likeness (QED) is 0.350. The van der Waals surface area contributed by atoms with Crippen molar-refractivity contribution in [1.82, 2.24) is 9.13 Å². The molecule has 2 N–H and O–H groups in total. The number of ketones is 1. The summed E-state index contributed by atoms with van der Waals surface area (Å²) in [4.78, 5) is 48.1. The van der Waals surface area contributed by atoms with E-state index in [-0.39, 0.29) is 18.7 Å². The zero-order chi connectivity index (χ0) is 21.7. The van der Waals surface area contributed by atoms with Crippen molar-refractivity contribution in [2.75, 3.05) is 0 Å². The topological polar surface area (TPSA) is 119 Å². The Morgan fingerprint density at radius 2 is 1.37 bits per heavy atom. The van der Waals surface area contributed by atoms with Gasteiger partial charge in [0.2, 0.25) is 0 Å². The largest absolute Gasteiger partial charge is 0.507 e. The van der Waals surface area contributed by atoms with Crippen LogP contribution in [0.15, 0.2) is 82.5 Å². The van der Waals surface area contributed by atoms with E-state index in [1.165, 1.54) is 4.57 Å². The maximum Gasteiger partial charge on any atom is 0.376 e. The molecular weight excluding hydrogens is 388 g/mol. The second-order valence-corrected chi connectivity index (χ2v) is 6.51. The molecule has 1 aromatic heterocycles. The first-order valence-electron chi connectivity index (χ1n) is 8.97. The van der Waals surface area contributed by atoms with E-state index < -0.39 is 28.8 Å². The summed E-state index contributed by atoms with van der Waals surface area (Å²) in [5, 5.41) is 19.0. The molecule has 30 heavy (non-hydrogen) atoms. The van der Waals surface area contributed by atoms with E-state index in [4.69, 9.17) is 5.11 Å². The summed E-state index contributed by atoms with van der Waals surface area (Å²) in [7, 11) is 0. The molecule has 152 valence electrons. The van der Waals surface area contributed by atoms with Gasteiger partial charge in [-0.1, -0.05) is 60.7 Å². The number of benzene rings is 2. The number of aromatic nitrogens is 2. The SMILES string of the molecule is O=C(O)C(=O)/C=C(/O)c1cn(Cc2ccccc2)c(=O)n(Cc2ccccc2)c1=O. The molecule has 3 aromatic rings. The molecule has 0 saturated carbocycles. The van der Waals surface area contributed by atoms with Gasteiger partial charge in [0, 0.05) is 12.3 Å². The average molecular weight is 406 g/mol. The van der Waals surface area contributed by atoms with E-state index in [2.05, 4.69) is 0 Å². The van der Waals surface area contributed by atoms with Crippen LogP contribution in [0.25, 0.3) is 5.76 Å². The van der Waals surface area contributed by atoms with E-state index in [9.17, 15) is 24.3 Å². The maximum absolute atomic E-state index is 13.0. The summed E-state index contributed by atoms with van der Waals surface area (Å²) in [6.07, 6.45) is 1.57. The summed E-state index contributed by atoms with van der Waals surface area (Å²) in [6, 6.07) is 17.8. The molecule has 0 bridgehead atoms. The van der Waals surface area contributed by atoms with Gasteiger partial charge in [-0.15, -0.1) is 0 Å². The fourth-order valence-corrected chi connectivity index (χ4v) is 2.89. The van der Waals surface area contributed by atoms with Crippen LogP contribution >= 0.6 is 0 Å². The number of aliphatic hydroxyl groups excluding tert-OH is 1. The number of aliphatic carboxylic acids is 1. The van der Waals surface area contributed by atoms with Crippen LogP contribution < -0.4 is 11.2 Å². The van der Waals surface area contributed by atoms with Crippen LogP contribution in [0.5, 0.6) is 0 Å². The zero-order valence-electron chi connectivity index (χ0n) is 15.8. The number of nitrogens with zero attached hydrogens (tertiary/aromatic N) is 2. The number of carboxylic acid groups (broad SMARTS) is 1. The summed E-state index contributed by atoms with van der Waals surface area (Å²) in [6.45, 7) is 0.0587. The molecule has 0 saturated heterocycles. The van der Waals surface area contributed by atoms with Crippen molar-refractivity contribution >= 4 is 17.5 Å². The third-order valence-electron chi connectivity index (χ3n) is 4.37. The van der Waals surface area contributed by atoms with Crippen molar-refractivity contribution in [2.45, 2.75) is 13.1 Å². The van der Waals surface area contributed by atoms with E-state index in [1.54, 1.807) is 54.6 Å². The van der Waals surface area contributed by atoms with Crippen LogP contribution in [-0.4, -0.2) is 31.1 Å². The lowest BCUT2D eigenvalue weighted by Gasteiger charge is -2.13. The van der Waals surface area contributed by atoms with Crippen molar-refractivity contribution in [3.05, 3.63) is 110 Å². The Morgan fingerprint density at radius 3 is 1.90 bits per heavy atom. The van der Waals surface area contributed by atoms with Gasteiger partial charge in [0.1, 0.15) is 5.76 Å². The standard InChI is InChI=1S/C22H18N2O6/c25-18(11-19(26)21(28)29)17-14-23(12-15-7-3-1-4-8-15)22(30)24(20(17)27)13-16-9-5-2-6-10-16/h1-11,14,25H,12-13H2,(H,28,29)/b18-11+. The molecule has 0 fully saturated rings. The number of carbonyl (C=O) groups excluding carboxylic acids is 1. The molecular formula is C22H18N2O6. The predicted octanol–water partition coefficient (Wildman–Crippen LogP) is 1.66. The van der Waals surface area contributed by atoms with Crippen LogP contribution in [0, 0.1) is 0 Å². The molecule has 2 aromatic carbocycles. The summed E-state index contributed by atoms with van der Waals surface area (Å²) < 4.78 is 2.16. The third kappa shape index (κ3) is 4.61. The first kappa shape index (κ1) is 20.5. The smallest absolute Gasteiger partial charge is 0.376 e. The Balaban J connectivity index is 2.16. The number of aliphatic hydroxyl groups is 1. The van der Waals surface area contributed by atoms with E-state index >= 15 is 0 Å². The second kappa shape index (κ2) is 8.87. The molecule has 0 amide bonds. The van der Waals surface area contributed by atoms with Crippen LogP contribution in [0.3, 0.4) is 0 Å². The molecule has 1 heterocycles. The summed E-state index contributed by atoms with van der Waals surface area (Å²) >= 11 is 0. The second-order valence-electron chi connectivity index (χ2n) is 6.51. The highest BCUT2D eigenvalue weighted by molar-refractivity contribution is 6.38. The Morgan fingerprint density at radius 1 is 0.833 bits per heavy atom. The molecule has 3 rings (SSSR count). The molecule has 8 nitrogen and oxygen atoms in total. The minimum absolute atomic E-state index is 0.0543. The normalized spacial score (nSPS) is 11.3. The number of hydrogen-bond acceptors (Lipinski definition) is 5. The van der Waals surface area contributed by atoms with E-state index in [1.807, 2.05) is 6.07 Å². The van der Waals surface area contributed by atoms with Gasteiger partial charge < -0.3 is 10.2 Å². The molecule has 8 heteroatoms. The van der Waals surface area contributed by atoms with Crippen molar-refractivity contribution in [3.8, 4) is 0 Å². The van der Waals surface area contributed by atoms with Gasteiger partial charge in [-0.2, -0.15) is 0 Å². The molecule has 0 aliphatic heterocycles. The lowest BCUT2D eigenvalue weighted by Crippen LogP contribution is -2.41. The molecule has 0 atom stereocenters. The average Bonchev–Trinajstić information content (AvgIpc) is 2.74. The van der Waals surface area contributed by atoms with Crippen molar-refractivity contribution in [3.63, 3.8) is 0 Å². The van der Waals surface area contributed by atoms with Crippen LogP contribution in [-0.2, 0) is 22.7 Å². The monoisotopic (exact) mass is 406 g/mol. The van der Waals surface area contributed by atoms with Crippen molar-refractivity contribution in [1.29, 1.82) is 0 Å². The highest BCUT2D eigenvalue weighted by Gasteiger charge is 2.18. The van der Waals surface area contributed by atoms with Gasteiger partial charge in [-0.3, -0.25) is 18.7 Å². The third-order valence-corrected chi connectivity index (χ3v) is 4.37. The molecule has 0 radical (unpaired) electrons. The van der Waals surface area contributed by atoms with Gasteiger partial charge in [-0.05, 0) is 11.1 Å². The lowest BCUT2D eigenvalue weighted by atomic mass is 10.2. The van der Waals surface area contributed by atoms with Gasteiger partial charge in [0.05, 0.1) is 18.7 Å². The number of rotatable bonds is 7. The molecule has 0 spiro atoms. The number of carboxylic acids is 1. The predicted molar refractivity (Wildman–Crippen MR) is 109 cm³/mol. The Bertz CT molecular complexity index is 1220. The van der Waals surface area contributed by atoms with Crippen molar-refractivity contribution < 1.29 is 19.8 Å². The van der Waals surface area contributed by atoms with Gasteiger partial charge in [0.25, 0.3) is 11.3 Å². The number of carbonyl (C=O) groups is 2. The zero-order valence-corrected chi connectivity index (χ0v) is 15.8. The molecule has 0 aliphatic carbocycles. The summed E-state index contributed by atoms with van der Waals surface area (Å²) in [5.41, 5.74) is -0.323. The Labute approximate surface area is 170 Å². The van der Waals surface area contributed by atoms with Crippen LogP contribution in [0.4, 0.5) is 0 Å². The highest BCUT2D eigenvalue weighted by Crippen LogP contribution is 2.08. The fourth-order valence-electron chi connectivity index (χ4n) is 2.89. The van der Waals surface area contributed by atoms with E-state index in [0.29, 0.717) is 11.6 Å².